The minimum atomic E-state index is -4.56. The van der Waals surface area contributed by atoms with Crippen LogP contribution in [0.25, 0.3) is 5.69 Å². The third kappa shape index (κ3) is 4.71. The van der Waals surface area contributed by atoms with E-state index < -0.39 is 17.6 Å². The van der Waals surface area contributed by atoms with E-state index in [2.05, 4.69) is 15.6 Å². The Bertz CT molecular complexity index is 1030. The number of carbonyl (C=O) groups is 1. The SMILES string of the molecule is CCCc1c(C(=O)Nc2cc(C(F)(F)F)ccc2Cl)nnn1-c1ccc(Cl)cc1. The molecular weight excluding hydrogens is 428 g/mol. The van der Waals surface area contributed by atoms with Gasteiger partial charge in [-0.15, -0.1) is 5.10 Å². The Morgan fingerprint density at radius 1 is 1.14 bits per heavy atom. The number of anilines is 1. The summed E-state index contributed by atoms with van der Waals surface area (Å²) in [5.41, 5.74) is 0.109. The normalized spacial score (nSPS) is 11.5. The van der Waals surface area contributed by atoms with Crippen LogP contribution < -0.4 is 5.32 Å². The summed E-state index contributed by atoms with van der Waals surface area (Å²) in [6.45, 7) is 1.92. The smallest absolute Gasteiger partial charge is 0.319 e. The average molecular weight is 443 g/mol. The quantitative estimate of drug-likeness (QED) is 0.543. The molecule has 0 radical (unpaired) electrons. The third-order valence-electron chi connectivity index (χ3n) is 4.08. The van der Waals surface area contributed by atoms with Gasteiger partial charge in [0.15, 0.2) is 5.69 Å². The number of hydrogen-bond acceptors (Lipinski definition) is 3. The monoisotopic (exact) mass is 442 g/mol. The summed E-state index contributed by atoms with van der Waals surface area (Å²) in [5.74, 6) is -0.699. The number of aromatic nitrogens is 3. The van der Waals surface area contributed by atoms with Crippen LogP contribution in [0.5, 0.6) is 0 Å². The molecule has 0 atom stereocenters. The molecule has 3 aromatic rings. The molecule has 2 aromatic carbocycles. The van der Waals surface area contributed by atoms with Crippen LogP contribution >= 0.6 is 23.2 Å². The summed E-state index contributed by atoms with van der Waals surface area (Å²) < 4.78 is 40.4. The molecule has 3 rings (SSSR count). The van der Waals surface area contributed by atoms with Crippen LogP contribution in [0.15, 0.2) is 42.5 Å². The molecule has 0 saturated heterocycles. The summed E-state index contributed by atoms with van der Waals surface area (Å²) >= 11 is 11.9. The van der Waals surface area contributed by atoms with Gasteiger partial charge in [-0.25, -0.2) is 4.68 Å². The van der Waals surface area contributed by atoms with Crippen molar-refractivity contribution in [3.63, 3.8) is 0 Å². The van der Waals surface area contributed by atoms with E-state index in [0.717, 1.165) is 18.2 Å². The second-order valence-corrected chi connectivity index (χ2v) is 7.01. The van der Waals surface area contributed by atoms with Crippen molar-refractivity contribution in [2.45, 2.75) is 25.9 Å². The number of halogens is 5. The lowest BCUT2D eigenvalue weighted by molar-refractivity contribution is -0.137. The lowest BCUT2D eigenvalue weighted by atomic mass is 10.1. The first kappa shape index (κ1) is 21.1. The second kappa shape index (κ2) is 8.42. The largest absolute Gasteiger partial charge is 0.416 e. The first-order valence-electron chi connectivity index (χ1n) is 8.59. The van der Waals surface area contributed by atoms with Gasteiger partial charge in [0.1, 0.15) is 0 Å². The van der Waals surface area contributed by atoms with Gasteiger partial charge in [-0.3, -0.25) is 4.79 Å². The van der Waals surface area contributed by atoms with E-state index in [-0.39, 0.29) is 16.4 Å². The number of hydrogen-bond donors (Lipinski definition) is 1. The molecule has 1 amide bonds. The molecule has 152 valence electrons. The fourth-order valence-electron chi connectivity index (χ4n) is 2.71. The lowest BCUT2D eigenvalue weighted by Crippen LogP contribution is -2.16. The number of carbonyl (C=O) groups excluding carboxylic acids is 1. The van der Waals surface area contributed by atoms with E-state index in [9.17, 15) is 18.0 Å². The minimum Gasteiger partial charge on any atom is -0.319 e. The number of rotatable bonds is 5. The van der Waals surface area contributed by atoms with Crippen LogP contribution in [0.2, 0.25) is 10.0 Å². The highest BCUT2D eigenvalue weighted by Gasteiger charge is 2.31. The zero-order chi connectivity index (χ0) is 21.2. The van der Waals surface area contributed by atoms with E-state index in [0.29, 0.717) is 29.2 Å². The van der Waals surface area contributed by atoms with Crippen molar-refractivity contribution >= 4 is 34.8 Å². The molecule has 10 heteroatoms. The Morgan fingerprint density at radius 2 is 1.83 bits per heavy atom. The highest BCUT2D eigenvalue weighted by Crippen LogP contribution is 2.34. The van der Waals surface area contributed by atoms with Crippen molar-refractivity contribution in [3.05, 3.63) is 69.5 Å². The standard InChI is InChI=1S/C19H15Cl2F3N4O/c1-2-3-16-17(26-27-28(16)13-7-5-12(20)6-8-13)18(29)25-15-10-11(19(22,23)24)4-9-14(15)21/h4-10H,2-3H2,1H3,(H,25,29). The summed E-state index contributed by atoms with van der Waals surface area (Å²) in [6.07, 6.45) is -3.38. The molecular formula is C19H15Cl2F3N4O. The maximum atomic E-state index is 13.0. The molecule has 0 aliphatic carbocycles. The van der Waals surface area contributed by atoms with Gasteiger partial charge in [0.05, 0.1) is 27.7 Å². The Labute approximate surface area is 174 Å². The van der Waals surface area contributed by atoms with Crippen molar-refractivity contribution in [2.24, 2.45) is 0 Å². The maximum absolute atomic E-state index is 13.0. The molecule has 0 bridgehead atoms. The number of nitrogens with zero attached hydrogens (tertiary/aromatic N) is 3. The van der Waals surface area contributed by atoms with Crippen molar-refractivity contribution in [3.8, 4) is 5.69 Å². The van der Waals surface area contributed by atoms with E-state index in [4.69, 9.17) is 23.2 Å². The first-order chi connectivity index (χ1) is 13.7. The van der Waals surface area contributed by atoms with Gasteiger partial charge in [0, 0.05) is 5.02 Å². The summed E-state index contributed by atoms with van der Waals surface area (Å²) in [6, 6.07) is 9.51. The molecule has 29 heavy (non-hydrogen) atoms. The van der Waals surface area contributed by atoms with Crippen molar-refractivity contribution in [1.82, 2.24) is 15.0 Å². The Hall–Kier alpha value is -2.58. The molecule has 1 N–H and O–H groups in total. The van der Waals surface area contributed by atoms with Gasteiger partial charge in [-0.05, 0) is 48.9 Å². The molecule has 0 unspecified atom stereocenters. The van der Waals surface area contributed by atoms with Crippen molar-refractivity contribution in [2.75, 3.05) is 5.32 Å². The molecule has 0 aliphatic heterocycles. The van der Waals surface area contributed by atoms with Crippen molar-refractivity contribution < 1.29 is 18.0 Å². The fourth-order valence-corrected chi connectivity index (χ4v) is 3.00. The zero-order valence-electron chi connectivity index (χ0n) is 15.1. The lowest BCUT2D eigenvalue weighted by Gasteiger charge is -2.12. The molecule has 0 fully saturated rings. The van der Waals surface area contributed by atoms with Crippen LogP contribution in [-0.4, -0.2) is 20.9 Å². The molecule has 0 spiro atoms. The van der Waals surface area contributed by atoms with Crippen LogP contribution in [0.4, 0.5) is 18.9 Å². The number of nitrogens with one attached hydrogen (secondary N) is 1. The van der Waals surface area contributed by atoms with Crippen molar-refractivity contribution in [1.29, 1.82) is 0 Å². The van der Waals surface area contributed by atoms with Gasteiger partial charge in [0.2, 0.25) is 0 Å². The average Bonchev–Trinajstić information content (AvgIpc) is 3.07. The van der Waals surface area contributed by atoms with E-state index in [1.54, 1.807) is 24.3 Å². The third-order valence-corrected chi connectivity index (χ3v) is 4.66. The Kier molecular flexibility index (Phi) is 6.14. The fraction of sp³-hybridized carbons (Fsp3) is 0.211. The predicted molar refractivity (Wildman–Crippen MR) is 105 cm³/mol. The van der Waals surface area contributed by atoms with Gasteiger partial charge in [0.25, 0.3) is 5.91 Å². The Morgan fingerprint density at radius 3 is 2.45 bits per heavy atom. The molecule has 1 aromatic heterocycles. The number of amides is 1. The Balaban J connectivity index is 1.95. The van der Waals surface area contributed by atoms with Gasteiger partial charge in [-0.1, -0.05) is 41.8 Å². The highest BCUT2D eigenvalue weighted by molar-refractivity contribution is 6.34. The van der Waals surface area contributed by atoms with Gasteiger partial charge in [-0.2, -0.15) is 13.2 Å². The second-order valence-electron chi connectivity index (χ2n) is 6.17. The first-order valence-corrected chi connectivity index (χ1v) is 9.35. The van der Waals surface area contributed by atoms with Crippen LogP contribution in [0, 0.1) is 0 Å². The van der Waals surface area contributed by atoms with Gasteiger partial charge >= 0.3 is 6.18 Å². The minimum absolute atomic E-state index is 0.00952. The molecule has 0 saturated carbocycles. The number of alkyl halides is 3. The zero-order valence-corrected chi connectivity index (χ0v) is 16.6. The summed E-state index contributed by atoms with van der Waals surface area (Å²) in [5, 5.41) is 10.9. The van der Waals surface area contributed by atoms with E-state index >= 15 is 0 Å². The summed E-state index contributed by atoms with van der Waals surface area (Å²) in [7, 11) is 0. The van der Waals surface area contributed by atoms with E-state index in [1.165, 1.54) is 4.68 Å². The van der Waals surface area contributed by atoms with E-state index in [1.807, 2.05) is 6.92 Å². The topological polar surface area (TPSA) is 59.8 Å². The molecule has 5 nitrogen and oxygen atoms in total. The van der Waals surface area contributed by atoms with Crippen LogP contribution in [0.1, 0.15) is 35.1 Å². The predicted octanol–water partition coefficient (Wildman–Crippen LogP) is 5.80. The highest BCUT2D eigenvalue weighted by atomic mass is 35.5. The van der Waals surface area contributed by atoms with Gasteiger partial charge < -0.3 is 5.32 Å². The number of benzene rings is 2. The summed E-state index contributed by atoms with van der Waals surface area (Å²) in [4.78, 5) is 12.7. The van der Waals surface area contributed by atoms with Crippen LogP contribution in [-0.2, 0) is 12.6 Å². The molecule has 0 aliphatic rings. The van der Waals surface area contributed by atoms with Crippen LogP contribution in [0.3, 0.4) is 0 Å². The maximum Gasteiger partial charge on any atom is 0.416 e. The molecule has 1 heterocycles.